The molecule has 0 saturated heterocycles. The van der Waals surface area contributed by atoms with Crippen molar-refractivity contribution < 1.29 is 24.0 Å². The van der Waals surface area contributed by atoms with Gasteiger partial charge in [-0.05, 0) is 24.3 Å². The zero-order valence-corrected chi connectivity index (χ0v) is 14.8. The van der Waals surface area contributed by atoms with E-state index in [1.54, 1.807) is 0 Å². The fourth-order valence-corrected chi connectivity index (χ4v) is 2.32. The van der Waals surface area contributed by atoms with Gasteiger partial charge in [0.1, 0.15) is 5.75 Å². The minimum Gasteiger partial charge on any atom is -0.495 e. The largest absolute Gasteiger partial charge is 0.495 e. The van der Waals surface area contributed by atoms with Crippen molar-refractivity contribution in [2.75, 3.05) is 19.0 Å². The van der Waals surface area contributed by atoms with Crippen LogP contribution in [-0.4, -0.2) is 30.5 Å². The molecule has 10 heteroatoms. The maximum absolute atomic E-state index is 12.0. The average Bonchev–Trinajstić information content (AvgIpc) is 2.61. The molecule has 2 aromatic rings. The molecule has 0 saturated carbocycles. The van der Waals surface area contributed by atoms with Crippen molar-refractivity contribution >= 4 is 46.5 Å². The van der Waals surface area contributed by atoms with E-state index in [0.717, 1.165) is 6.07 Å². The number of nitrogens with zero attached hydrogens (tertiary/aromatic N) is 1. The summed E-state index contributed by atoms with van der Waals surface area (Å²) in [5, 5.41) is 13.6. The highest BCUT2D eigenvalue weighted by Crippen LogP contribution is 2.28. The standard InChI is InChI=1S/C16H12Cl2N2O6/c1-25-14-5-3-10(20(23)24)7-13(14)19-15(21)8-26-16(22)11-6-9(17)2-4-12(11)18/h2-7H,8H2,1H3,(H,19,21). The summed E-state index contributed by atoms with van der Waals surface area (Å²) in [6.45, 7) is -0.631. The SMILES string of the molecule is COc1ccc([N+](=O)[O-])cc1NC(=O)COC(=O)c1cc(Cl)ccc1Cl. The predicted molar refractivity (Wildman–Crippen MR) is 95.0 cm³/mol. The molecule has 0 aliphatic heterocycles. The zero-order chi connectivity index (χ0) is 19.3. The average molecular weight is 399 g/mol. The summed E-state index contributed by atoms with van der Waals surface area (Å²) in [6, 6.07) is 7.94. The van der Waals surface area contributed by atoms with Gasteiger partial charge in [-0.1, -0.05) is 23.2 Å². The molecule has 0 aromatic heterocycles. The fourth-order valence-electron chi connectivity index (χ4n) is 1.96. The highest BCUT2D eigenvalue weighted by Gasteiger charge is 2.17. The number of nitro groups is 1. The second-order valence-corrected chi connectivity index (χ2v) is 5.73. The number of benzene rings is 2. The summed E-state index contributed by atoms with van der Waals surface area (Å²) in [5.41, 5.74) is -0.146. The number of carbonyl (C=O) groups excluding carboxylic acids is 2. The van der Waals surface area contributed by atoms with E-state index < -0.39 is 23.4 Å². The molecule has 2 aromatic carbocycles. The van der Waals surface area contributed by atoms with Crippen LogP contribution in [0.25, 0.3) is 0 Å². The summed E-state index contributed by atoms with van der Waals surface area (Å²) in [4.78, 5) is 34.2. The number of halogens is 2. The summed E-state index contributed by atoms with van der Waals surface area (Å²) in [5.74, 6) is -1.33. The number of rotatable bonds is 6. The Morgan fingerprint density at radius 2 is 1.92 bits per heavy atom. The van der Waals surface area contributed by atoms with Gasteiger partial charge in [-0.25, -0.2) is 4.79 Å². The lowest BCUT2D eigenvalue weighted by Crippen LogP contribution is -2.21. The van der Waals surface area contributed by atoms with Gasteiger partial charge in [0.15, 0.2) is 6.61 Å². The van der Waals surface area contributed by atoms with E-state index in [1.807, 2.05) is 0 Å². The molecular formula is C16H12Cl2N2O6. The van der Waals surface area contributed by atoms with Crippen LogP contribution >= 0.6 is 23.2 Å². The van der Waals surface area contributed by atoms with Crippen LogP contribution in [0.4, 0.5) is 11.4 Å². The van der Waals surface area contributed by atoms with Crippen molar-refractivity contribution in [2.24, 2.45) is 0 Å². The second-order valence-electron chi connectivity index (χ2n) is 4.89. The van der Waals surface area contributed by atoms with Gasteiger partial charge in [0.05, 0.1) is 28.3 Å². The Hall–Kier alpha value is -2.84. The van der Waals surface area contributed by atoms with Gasteiger partial charge in [0.25, 0.3) is 11.6 Å². The van der Waals surface area contributed by atoms with E-state index in [9.17, 15) is 19.7 Å². The van der Waals surface area contributed by atoms with E-state index >= 15 is 0 Å². The summed E-state index contributed by atoms with van der Waals surface area (Å²) >= 11 is 11.7. The van der Waals surface area contributed by atoms with Crippen LogP contribution in [0.2, 0.25) is 10.0 Å². The first-order valence-electron chi connectivity index (χ1n) is 7.06. The number of ether oxygens (including phenoxy) is 2. The Bertz CT molecular complexity index is 872. The minimum atomic E-state index is -0.835. The molecule has 136 valence electrons. The first kappa shape index (κ1) is 19.5. The van der Waals surface area contributed by atoms with Crippen molar-refractivity contribution in [3.8, 4) is 5.75 Å². The first-order valence-corrected chi connectivity index (χ1v) is 7.82. The second kappa shape index (κ2) is 8.50. The van der Waals surface area contributed by atoms with Crippen LogP contribution in [0.3, 0.4) is 0 Å². The molecule has 0 atom stereocenters. The fraction of sp³-hybridized carbons (Fsp3) is 0.125. The van der Waals surface area contributed by atoms with Crippen LogP contribution in [0, 0.1) is 10.1 Å². The molecule has 0 radical (unpaired) electrons. The molecule has 0 fully saturated rings. The lowest BCUT2D eigenvalue weighted by molar-refractivity contribution is -0.384. The normalized spacial score (nSPS) is 10.1. The summed E-state index contributed by atoms with van der Waals surface area (Å²) < 4.78 is 9.91. The smallest absolute Gasteiger partial charge is 0.340 e. The van der Waals surface area contributed by atoms with Crippen LogP contribution in [-0.2, 0) is 9.53 Å². The molecule has 0 aliphatic rings. The van der Waals surface area contributed by atoms with Gasteiger partial charge in [0.2, 0.25) is 0 Å². The predicted octanol–water partition coefficient (Wildman–Crippen LogP) is 3.71. The molecule has 0 heterocycles. The van der Waals surface area contributed by atoms with Gasteiger partial charge >= 0.3 is 5.97 Å². The van der Waals surface area contributed by atoms with E-state index in [0.29, 0.717) is 0 Å². The van der Waals surface area contributed by atoms with E-state index in [4.69, 9.17) is 32.7 Å². The maximum atomic E-state index is 12.0. The molecule has 8 nitrogen and oxygen atoms in total. The Morgan fingerprint density at radius 3 is 2.58 bits per heavy atom. The molecule has 0 bridgehead atoms. The van der Waals surface area contributed by atoms with Crippen LogP contribution in [0.5, 0.6) is 5.75 Å². The first-order chi connectivity index (χ1) is 12.3. The number of hydrogen-bond acceptors (Lipinski definition) is 6. The van der Waals surface area contributed by atoms with Crippen LogP contribution in [0.1, 0.15) is 10.4 Å². The highest BCUT2D eigenvalue weighted by atomic mass is 35.5. The lowest BCUT2D eigenvalue weighted by Gasteiger charge is -2.10. The summed E-state index contributed by atoms with van der Waals surface area (Å²) in [6.07, 6.45) is 0. The van der Waals surface area contributed by atoms with Gasteiger partial charge in [-0.2, -0.15) is 0 Å². The quantitative estimate of drug-likeness (QED) is 0.451. The van der Waals surface area contributed by atoms with Crippen molar-refractivity contribution in [3.63, 3.8) is 0 Å². The highest BCUT2D eigenvalue weighted by molar-refractivity contribution is 6.35. The summed E-state index contributed by atoms with van der Waals surface area (Å²) in [7, 11) is 1.35. The number of methoxy groups -OCH3 is 1. The molecular weight excluding hydrogens is 387 g/mol. The third kappa shape index (κ3) is 4.84. The van der Waals surface area contributed by atoms with Gasteiger partial charge < -0.3 is 14.8 Å². The van der Waals surface area contributed by atoms with Gasteiger partial charge in [-0.15, -0.1) is 0 Å². The molecule has 0 unspecified atom stereocenters. The monoisotopic (exact) mass is 398 g/mol. The van der Waals surface area contributed by atoms with Gasteiger partial charge in [-0.3, -0.25) is 14.9 Å². The molecule has 2 rings (SSSR count). The lowest BCUT2D eigenvalue weighted by atomic mass is 10.2. The van der Waals surface area contributed by atoms with Crippen molar-refractivity contribution in [2.45, 2.75) is 0 Å². The number of hydrogen-bond donors (Lipinski definition) is 1. The van der Waals surface area contributed by atoms with Crippen molar-refractivity contribution in [1.82, 2.24) is 0 Å². The Balaban J connectivity index is 2.05. The van der Waals surface area contributed by atoms with E-state index in [2.05, 4.69) is 5.32 Å². The topological polar surface area (TPSA) is 108 Å². The van der Waals surface area contributed by atoms with Crippen LogP contribution in [0.15, 0.2) is 36.4 Å². The van der Waals surface area contributed by atoms with Crippen molar-refractivity contribution in [3.05, 3.63) is 62.1 Å². The van der Waals surface area contributed by atoms with Crippen LogP contribution < -0.4 is 10.1 Å². The number of non-ortho nitro benzene ring substituents is 1. The number of anilines is 1. The molecule has 1 amide bonds. The Labute approximate surface area is 157 Å². The number of nitrogens with one attached hydrogen (secondary N) is 1. The van der Waals surface area contributed by atoms with E-state index in [1.165, 1.54) is 37.4 Å². The number of carbonyl (C=O) groups is 2. The number of esters is 1. The molecule has 1 N–H and O–H groups in total. The zero-order valence-electron chi connectivity index (χ0n) is 13.3. The maximum Gasteiger partial charge on any atom is 0.340 e. The number of nitro benzene ring substituents is 1. The third-order valence-electron chi connectivity index (χ3n) is 3.15. The van der Waals surface area contributed by atoms with E-state index in [-0.39, 0.29) is 32.7 Å². The third-order valence-corrected chi connectivity index (χ3v) is 3.72. The minimum absolute atomic E-state index is 0.0138. The molecule has 26 heavy (non-hydrogen) atoms. The van der Waals surface area contributed by atoms with Crippen molar-refractivity contribution in [1.29, 1.82) is 0 Å². The Morgan fingerprint density at radius 1 is 1.19 bits per heavy atom. The Kier molecular flexibility index (Phi) is 6.37. The molecule has 0 spiro atoms. The molecule has 0 aliphatic carbocycles. The van der Waals surface area contributed by atoms with Gasteiger partial charge in [0, 0.05) is 17.2 Å². The number of amides is 1.